The fourth-order valence-electron chi connectivity index (χ4n) is 4.07. The average Bonchev–Trinajstić information content (AvgIpc) is 2.78. The molecular weight excluding hydrogens is 532 g/mol. The largest absolute Gasteiger partial charge is 0.369 e. The van der Waals surface area contributed by atoms with Gasteiger partial charge in [0.2, 0.25) is 5.91 Å². The van der Waals surface area contributed by atoms with E-state index in [-0.39, 0.29) is 47.7 Å². The zero-order valence-corrected chi connectivity index (χ0v) is 21.9. The maximum absolute atomic E-state index is 13.9. The summed E-state index contributed by atoms with van der Waals surface area (Å²) in [4.78, 5) is 18.1. The third-order valence-corrected chi connectivity index (χ3v) is 6.04. The summed E-state index contributed by atoms with van der Waals surface area (Å²) in [5.74, 6) is 0.206. The van der Waals surface area contributed by atoms with Gasteiger partial charge in [0.1, 0.15) is 5.82 Å². The van der Waals surface area contributed by atoms with Gasteiger partial charge in [0, 0.05) is 26.7 Å². The van der Waals surface area contributed by atoms with Crippen LogP contribution in [0.1, 0.15) is 48.1 Å². The minimum atomic E-state index is -0.202. The lowest BCUT2D eigenvalue weighted by atomic mass is 9.97. The van der Waals surface area contributed by atoms with Crippen molar-refractivity contribution in [2.75, 3.05) is 20.1 Å². The fraction of sp³-hybridized carbons (Fsp3) is 0.440. The molecule has 2 aromatic carbocycles. The van der Waals surface area contributed by atoms with Crippen molar-refractivity contribution >= 4 is 35.8 Å². The molecule has 180 valence electrons. The van der Waals surface area contributed by atoms with Gasteiger partial charge in [0.15, 0.2) is 5.96 Å². The molecule has 1 heterocycles. The Balaban J connectivity index is 0.00000385. The highest BCUT2D eigenvalue weighted by atomic mass is 127. The van der Waals surface area contributed by atoms with Gasteiger partial charge in [-0.3, -0.25) is 14.7 Å². The van der Waals surface area contributed by atoms with Crippen LogP contribution in [0.4, 0.5) is 4.39 Å². The van der Waals surface area contributed by atoms with E-state index >= 15 is 0 Å². The second kappa shape index (κ2) is 12.9. The van der Waals surface area contributed by atoms with E-state index in [0.717, 1.165) is 43.6 Å². The Hall–Kier alpha value is -2.20. The number of aryl methyl sites for hydroxylation is 1. The number of nitrogens with two attached hydrogens (primary N) is 1. The lowest BCUT2D eigenvalue weighted by molar-refractivity contribution is -0.123. The van der Waals surface area contributed by atoms with Crippen LogP contribution in [-0.2, 0) is 17.9 Å². The summed E-state index contributed by atoms with van der Waals surface area (Å²) in [5.41, 5.74) is 9.36. The molecule has 4 N–H and O–H groups in total. The Morgan fingerprint density at radius 3 is 2.73 bits per heavy atom. The summed E-state index contributed by atoms with van der Waals surface area (Å²) < 4.78 is 13.9. The van der Waals surface area contributed by atoms with Crippen LogP contribution in [0.25, 0.3) is 0 Å². The van der Waals surface area contributed by atoms with Gasteiger partial charge in [-0.2, -0.15) is 0 Å². The van der Waals surface area contributed by atoms with E-state index < -0.39 is 0 Å². The molecule has 1 saturated heterocycles. The first kappa shape index (κ1) is 27.0. The molecule has 3 rings (SSSR count). The van der Waals surface area contributed by atoms with Crippen LogP contribution in [0, 0.1) is 18.7 Å². The van der Waals surface area contributed by atoms with Gasteiger partial charge in [0.25, 0.3) is 0 Å². The minimum absolute atomic E-state index is 0. The number of rotatable bonds is 7. The number of primary amides is 1. The van der Waals surface area contributed by atoms with Crippen molar-refractivity contribution in [3.63, 3.8) is 0 Å². The zero-order chi connectivity index (χ0) is 23.1. The Morgan fingerprint density at radius 2 is 2.03 bits per heavy atom. The number of amides is 1. The highest BCUT2D eigenvalue weighted by molar-refractivity contribution is 14.0. The lowest BCUT2D eigenvalue weighted by Crippen LogP contribution is -2.40. The normalized spacial score (nSPS) is 17.7. The molecule has 0 aliphatic carbocycles. The first-order chi connectivity index (χ1) is 15.4. The van der Waals surface area contributed by atoms with Crippen LogP contribution >= 0.6 is 24.0 Å². The van der Waals surface area contributed by atoms with Gasteiger partial charge >= 0.3 is 0 Å². The molecule has 0 radical (unpaired) electrons. The van der Waals surface area contributed by atoms with E-state index in [1.54, 1.807) is 26.1 Å². The molecule has 33 heavy (non-hydrogen) atoms. The molecule has 2 unspecified atom stereocenters. The fourth-order valence-corrected chi connectivity index (χ4v) is 4.07. The van der Waals surface area contributed by atoms with Crippen molar-refractivity contribution < 1.29 is 9.18 Å². The predicted molar refractivity (Wildman–Crippen MR) is 142 cm³/mol. The number of hydrogen-bond acceptors (Lipinski definition) is 3. The van der Waals surface area contributed by atoms with Crippen molar-refractivity contribution in [1.82, 2.24) is 15.5 Å². The number of aliphatic imine (C=N–C) groups is 1. The number of hydrogen-bond donors (Lipinski definition) is 3. The second-order valence-electron chi connectivity index (χ2n) is 8.60. The van der Waals surface area contributed by atoms with Crippen molar-refractivity contribution in [3.8, 4) is 0 Å². The molecule has 1 amide bonds. The smallest absolute Gasteiger partial charge is 0.221 e. The zero-order valence-electron chi connectivity index (χ0n) is 19.6. The maximum atomic E-state index is 13.9. The monoisotopic (exact) mass is 567 g/mol. The van der Waals surface area contributed by atoms with E-state index in [2.05, 4.69) is 44.8 Å². The summed E-state index contributed by atoms with van der Waals surface area (Å²) >= 11 is 0. The van der Waals surface area contributed by atoms with E-state index in [1.807, 2.05) is 13.0 Å². The molecule has 2 aromatic rings. The summed E-state index contributed by atoms with van der Waals surface area (Å²) in [5, 5.41) is 6.65. The van der Waals surface area contributed by atoms with Crippen molar-refractivity contribution in [2.45, 2.75) is 45.8 Å². The molecule has 0 bridgehead atoms. The highest BCUT2D eigenvalue weighted by Crippen LogP contribution is 2.19. The Labute approximate surface area is 213 Å². The first-order valence-corrected chi connectivity index (χ1v) is 11.2. The third-order valence-electron chi connectivity index (χ3n) is 6.04. The molecule has 1 aliphatic heterocycles. The molecule has 1 fully saturated rings. The van der Waals surface area contributed by atoms with Gasteiger partial charge in [-0.25, -0.2) is 4.39 Å². The summed E-state index contributed by atoms with van der Waals surface area (Å²) in [6.45, 7) is 6.88. The average molecular weight is 567 g/mol. The SMILES string of the molecule is CN=C(NCc1cccc(CN2CCCC(C(N)=O)C2)c1)NC(C)c1ccc(C)c(F)c1.I. The van der Waals surface area contributed by atoms with Crippen molar-refractivity contribution in [1.29, 1.82) is 0 Å². The van der Waals surface area contributed by atoms with E-state index in [9.17, 15) is 9.18 Å². The number of guanidine groups is 1. The number of likely N-dealkylation sites (tertiary alicyclic amines) is 1. The number of nitrogens with zero attached hydrogens (tertiary/aromatic N) is 2. The molecule has 0 saturated carbocycles. The molecule has 8 heteroatoms. The number of carbonyl (C=O) groups excluding carboxylic acids is 1. The number of nitrogens with one attached hydrogen (secondary N) is 2. The summed E-state index contributed by atoms with van der Waals surface area (Å²) in [6, 6.07) is 13.6. The molecular formula is C25H35FIN5O. The molecule has 2 atom stereocenters. The first-order valence-electron chi connectivity index (χ1n) is 11.2. The number of halogens is 2. The van der Waals surface area contributed by atoms with Gasteiger partial charge < -0.3 is 16.4 Å². The number of piperidine rings is 1. The third kappa shape index (κ3) is 7.96. The number of benzene rings is 2. The Morgan fingerprint density at radius 1 is 1.27 bits per heavy atom. The van der Waals surface area contributed by atoms with Crippen LogP contribution in [0.3, 0.4) is 0 Å². The maximum Gasteiger partial charge on any atom is 0.221 e. The quantitative estimate of drug-likeness (QED) is 0.270. The minimum Gasteiger partial charge on any atom is -0.369 e. The Kier molecular flexibility index (Phi) is 10.6. The summed E-state index contributed by atoms with van der Waals surface area (Å²) in [7, 11) is 1.72. The summed E-state index contributed by atoms with van der Waals surface area (Å²) in [6.07, 6.45) is 1.88. The van der Waals surface area contributed by atoms with Gasteiger partial charge in [-0.15, -0.1) is 24.0 Å². The van der Waals surface area contributed by atoms with Gasteiger partial charge in [-0.05, 0) is 61.6 Å². The second-order valence-corrected chi connectivity index (χ2v) is 8.60. The Bertz CT molecular complexity index is 968. The van der Waals surface area contributed by atoms with Crippen LogP contribution in [0.15, 0.2) is 47.5 Å². The predicted octanol–water partition coefficient (Wildman–Crippen LogP) is 3.88. The molecule has 6 nitrogen and oxygen atoms in total. The van der Waals surface area contributed by atoms with Gasteiger partial charge in [0.05, 0.1) is 12.0 Å². The van der Waals surface area contributed by atoms with Crippen LogP contribution in [0.2, 0.25) is 0 Å². The number of carbonyl (C=O) groups is 1. The topological polar surface area (TPSA) is 82.8 Å². The van der Waals surface area contributed by atoms with Crippen LogP contribution in [-0.4, -0.2) is 36.9 Å². The standard InChI is InChI=1S/C25H34FN5O.HI/c1-17-9-10-21(13-23(17)26)18(2)30-25(28-3)29-14-19-6-4-7-20(12-19)15-31-11-5-8-22(16-31)24(27)32;/h4,6-7,9-10,12-13,18,22H,5,8,11,14-16H2,1-3H3,(H2,27,32)(H2,28,29,30);1H. The van der Waals surface area contributed by atoms with Gasteiger partial charge in [-0.1, -0.05) is 36.4 Å². The van der Waals surface area contributed by atoms with Crippen molar-refractivity contribution in [3.05, 3.63) is 70.5 Å². The lowest BCUT2D eigenvalue weighted by Gasteiger charge is -2.31. The molecule has 0 spiro atoms. The van der Waals surface area contributed by atoms with E-state index in [0.29, 0.717) is 18.1 Å². The van der Waals surface area contributed by atoms with Crippen molar-refractivity contribution in [2.24, 2.45) is 16.6 Å². The van der Waals surface area contributed by atoms with Crippen LogP contribution < -0.4 is 16.4 Å². The van der Waals surface area contributed by atoms with E-state index in [4.69, 9.17) is 5.73 Å². The van der Waals surface area contributed by atoms with Crippen LogP contribution in [0.5, 0.6) is 0 Å². The molecule has 0 aromatic heterocycles. The van der Waals surface area contributed by atoms with E-state index in [1.165, 1.54) is 5.56 Å². The molecule has 1 aliphatic rings. The highest BCUT2D eigenvalue weighted by Gasteiger charge is 2.23.